The third-order valence-corrected chi connectivity index (χ3v) is 2.24. The molecule has 16 heavy (non-hydrogen) atoms. The molecule has 2 nitrogen and oxygen atoms in total. The van der Waals surface area contributed by atoms with Gasteiger partial charge in [0.05, 0.1) is 5.56 Å². The summed E-state index contributed by atoms with van der Waals surface area (Å²) in [4.78, 5) is 11.0. The van der Waals surface area contributed by atoms with E-state index in [0.717, 1.165) is 11.1 Å². The second-order valence-corrected chi connectivity index (χ2v) is 3.22. The quantitative estimate of drug-likeness (QED) is 0.866. The Labute approximate surface area is 109 Å². The molecule has 0 aliphatic carbocycles. The molecule has 2 rings (SSSR count). The zero-order valence-corrected chi connectivity index (χ0v) is 9.84. The zero-order chi connectivity index (χ0) is 10.7. The van der Waals surface area contributed by atoms with Gasteiger partial charge in [0.25, 0.3) is 0 Å². The fraction of sp³-hybridized carbons (Fsp3) is 0. The van der Waals surface area contributed by atoms with E-state index in [0.29, 0.717) is 5.56 Å². The Morgan fingerprint density at radius 2 is 1.44 bits per heavy atom. The van der Waals surface area contributed by atoms with Crippen LogP contribution >= 0.6 is 0 Å². The Morgan fingerprint density at radius 1 is 0.875 bits per heavy atom. The van der Waals surface area contributed by atoms with Crippen molar-refractivity contribution in [3.05, 3.63) is 60.2 Å². The summed E-state index contributed by atoms with van der Waals surface area (Å²) in [5.41, 5.74) is 2.02. The average Bonchev–Trinajstić information content (AvgIpc) is 2.30. The monoisotopic (exact) mass is 305 g/mol. The van der Waals surface area contributed by atoms with E-state index in [4.69, 9.17) is 5.11 Å². The third kappa shape index (κ3) is 2.61. The Hall–Kier alpha value is -1.35. The molecule has 0 saturated carbocycles. The van der Waals surface area contributed by atoms with Crippen molar-refractivity contribution >= 4 is 5.97 Å². The molecule has 0 heterocycles. The van der Waals surface area contributed by atoms with E-state index in [1.165, 1.54) is 0 Å². The summed E-state index contributed by atoms with van der Waals surface area (Å²) in [6.07, 6.45) is 0. The number of aromatic carboxylic acids is 1. The van der Waals surface area contributed by atoms with Gasteiger partial charge in [-0.15, -0.1) is 0 Å². The topological polar surface area (TPSA) is 37.3 Å². The van der Waals surface area contributed by atoms with Gasteiger partial charge in [-0.05, 0) is 17.2 Å². The molecule has 0 unspecified atom stereocenters. The molecule has 0 aliphatic rings. The molecule has 1 N–H and O–H groups in total. The van der Waals surface area contributed by atoms with Crippen LogP contribution < -0.4 is 0 Å². The number of rotatable bonds is 2. The number of benzene rings is 2. The van der Waals surface area contributed by atoms with Crippen LogP contribution in [0.2, 0.25) is 0 Å². The van der Waals surface area contributed by atoms with E-state index in [1.807, 2.05) is 42.5 Å². The van der Waals surface area contributed by atoms with Crippen molar-refractivity contribution in [2.75, 3.05) is 0 Å². The van der Waals surface area contributed by atoms with Crippen LogP contribution in [0.5, 0.6) is 0 Å². The number of carboxylic acid groups (broad SMARTS) is 1. The summed E-state index contributed by atoms with van der Waals surface area (Å²) in [5, 5.41) is 9.03. The Morgan fingerprint density at radius 3 is 2.06 bits per heavy atom. The number of carboxylic acids is 1. The normalized spacial score (nSPS) is 9.25. The fourth-order valence-electron chi connectivity index (χ4n) is 1.54. The maximum absolute atomic E-state index is 11.0. The van der Waals surface area contributed by atoms with Crippen LogP contribution in [0.25, 0.3) is 11.1 Å². The third-order valence-electron chi connectivity index (χ3n) is 2.24. The minimum Gasteiger partial charge on any atom is -0.478 e. The second-order valence-electron chi connectivity index (χ2n) is 3.22. The Balaban J connectivity index is 0.00000128. The van der Waals surface area contributed by atoms with Gasteiger partial charge in [-0.2, -0.15) is 0 Å². The van der Waals surface area contributed by atoms with E-state index in [1.54, 1.807) is 12.1 Å². The van der Waals surface area contributed by atoms with Gasteiger partial charge in [0.1, 0.15) is 0 Å². The number of carbonyl (C=O) groups is 1. The summed E-state index contributed by atoms with van der Waals surface area (Å²) >= 11 is 0. The SMILES string of the molecule is O=C(O)c1ccccc1-c1ccccc1.[Ag]. The van der Waals surface area contributed by atoms with Crippen molar-refractivity contribution in [2.24, 2.45) is 0 Å². The molecule has 0 amide bonds. The first kappa shape index (κ1) is 12.7. The number of hydrogen-bond donors (Lipinski definition) is 1. The van der Waals surface area contributed by atoms with Crippen LogP contribution in [0.4, 0.5) is 0 Å². The largest absolute Gasteiger partial charge is 0.478 e. The average molecular weight is 306 g/mol. The van der Waals surface area contributed by atoms with Crippen molar-refractivity contribution in [1.82, 2.24) is 0 Å². The van der Waals surface area contributed by atoms with Crippen LogP contribution in [0, 0.1) is 0 Å². The predicted molar refractivity (Wildman–Crippen MR) is 58.8 cm³/mol. The van der Waals surface area contributed by atoms with Crippen molar-refractivity contribution in [3.63, 3.8) is 0 Å². The molecule has 85 valence electrons. The predicted octanol–water partition coefficient (Wildman–Crippen LogP) is 3.05. The van der Waals surface area contributed by atoms with E-state index < -0.39 is 5.97 Å². The molecule has 0 aromatic heterocycles. The van der Waals surface area contributed by atoms with Crippen LogP contribution in [0.15, 0.2) is 54.6 Å². The standard InChI is InChI=1S/C13H10O2.Ag/c14-13(15)12-9-5-4-8-11(12)10-6-2-1-3-7-10;/h1-9H,(H,14,15);. The van der Waals surface area contributed by atoms with Gasteiger partial charge in [-0.25, -0.2) is 4.79 Å². The van der Waals surface area contributed by atoms with Crippen molar-refractivity contribution in [1.29, 1.82) is 0 Å². The second kappa shape index (κ2) is 5.66. The maximum atomic E-state index is 11.0. The maximum Gasteiger partial charge on any atom is 0.336 e. The first-order valence-electron chi connectivity index (χ1n) is 4.67. The van der Waals surface area contributed by atoms with E-state index in [9.17, 15) is 4.79 Å². The van der Waals surface area contributed by atoms with E-state index in [2.05, 4.69) is 0 Å². The summed E-state index contributed by atoms with van der Waals surface area (Å²) in [6.45, 7) is 0. The van der Waals surface area contributed by atoms with Gasteiger partial charge in [-0.1, -0.05) is 48.5 Å². The van der Waals surface area contributed by atoms with Gasteiger partial charge in [0.15, 0.2) is 0 Å². The Bertz CT molecular complexity index is 480. The van der Waals surface area contributed by atoms with Gasteiger partial charge >= 0.3 is 5.97 Å². The fourth-order valence-corrected chi connectivity index (χ4v) is 1.54. The van der Waals surface area contributed by atoms with Crippen LogP contribution in [0.3, 0.4) is 0 Å². The molecule has 3 heteroatoms. The van der Waals surface area contributed by atoms with Crippen LogP contribution in [0.1, 0.15) is 10.4 Å². The van der Waals surface area contributed by atoms with E-state index in [-0.39, 0.29) is 22.4 Å². The molecule has 0 atom stereocenters. The van der Waals surface area contributed by atoms with Gasteiger partial charge in [0.2, 0.25) is 0 Å². The summed E-state index contributed by atoms with van der Waals surface area (Å²) < 4.78 is 0. The molecule has 0 bridgehead atoms. The minimum absolute atomic E-state index is 0. The molecule has 0 saturated heterocycles. The molecular weight excluding hydrogens is 296 g/mol. The first-order chi connectivity index (χ1) is 7.29. The van der Waals surface area contributed by atoms with Gasteiger partial charge in [0, 0.05) is 22.4 Å². The first-order valence-corrected chi connectivity index (χ1v) is 4.67. The summed E-state index contributed by atoms with van der Waals surface area (Å²) in [5.74, 6) is -0.894. The molecule has 0 aliphatic heterocycles. The number of hydrogen-bond acceptors (Lipinski definition) is 1. The molecule has 2 aromatic rings. The van der Waals surface area contributed by atoms with Crippen LogP contribution in [-0.4, -0.2) is 11.1 Å². The van der Waals surface area contributed by atoms with Crippen molar-refractivity contribution in [2.45, 2.75) is 0 Å². The van der Waals surface area contributed by atoms with Gasteiger partial charge in [-0.3, -0.25) is 0 Å². The summed E-state index contributed by atoms with van der Waals surface area (Å²) in [6, 6.07) is 16.5. The minimum atomic E-state index is -0.894. The molecule has 0 fully saturated rings. The smallest absolute Gasteiger partial charge is 0.336 e. The molecule has 0 spiro atoms. The Kier molecular flexibility index (Phi) is 4.50. The van der Waals surface area contributed by atoms with Crippen molar-refractivity contribution < 1.29 is 32.3 Å². The van der Waals surface area contributed by atoms with Crippen LogP contribution in [-0.2, 0) is 22.4 Å². The molecule has 2 aromatic carbocycles. The van der Waals surface area contributed by atoms with E-state index >= 15 is 0 Å². The molecule has 1 radical (unpaired) electrons. The summed E-state index contributed by atoms with van der Waals surface area (Å²) in [7, 11) is 0. The van der Waals surface area contributed by atoms with Crippen molar-refractivity contribution in [3.8, 4) is 11.1 Å². The molecular formula is C13H10AgO2. The van der Waals surface area contributed by atoms with Gasteiger partial charge < -0.3 is 5.11 Å². The zero-order valence-electron chi connectivity index (χ0n) is 8.35.